The van der Waals surface area contributed by atoms with Gasteiger partial charge in [-0.05, 0) is 36.8 Å². The minimum atomic E-state index is -1.05. The molecule has 0 saturated carbocycles. The van der Waals surface area contributed by atoms with Gasteiger partial charge in [-0.1, -0.05) is 18.2 Å². The first-order valence-electron chi connectivity index (χ1n) is 6.55. The van der Waals surface area contributed by atoms with Crippen LogP contribution in [0.25, 0.3) is 16.5 Å². The molecule has 2 N–H and O–H groups in total. The molecule has 0 aliphatic heterocycles. The molecule has 3 rings (SSSR count). The lowest BCUT2D eigenvalue weighted by atomic mass is 10.2. The molecule has 3 aromatic rings. The van der Waals surface area contributed by atoms with Gasteiger partial charge < -0.3 is 10.2 Å². The largest absolute Gasteiger partial charge is 0.429 e. The van der Waals surface area contributed by atoms with Crippen LogP contribution in [0.15, 0.2) is 61.3 Å². The summed E-state index contributed by atoms with van der Waals surface area (Å²) in [6.07, 6.45) is 0. The van der Waals surface area contributed by atoms with E-state index in [0.717, 1.165) is 10.1 Å². The first-order valence-corrected chi connectivity index (χ1v) is 6.55. The predicted octanol–water partition coefficient (Wildman–Crippen LogP) is 1.19. The van der Waals surface area contributed by atoms with Crippen LogP contribution in [0.4, 0.5) is 5.69 Å². The second-order valence-corrected chi connectivity index (χ2v) is 4.88. The molecule has 6 heteroatoms. The minimum absolute atomic E-state index is 0.0587. The van der Waals surface area contributed by atoms with Crippen molar-refractivity contribution in [2.24, 2.45) is 0 Å². The van der Waals surface area contributed by atoms with E-state index in [1.807, 2.05) is 0 Å². The van der Waals surface area contributed by atoms with Gasteiger partial charge >= 0.3 is 11.4 Å². The van der Waals surface area contributed by atoms with Crippen LogP contribution in [0.1, 0.15) is 5.56 Å². The van der Waals surface area contributed by atoms with Crippen LogP contribution < -0.4 is 22.7 Å². The summed E-state index contributed by atoms with van der Waals surface area (Å²) in [5.41, 5.74) is 5.84. The van der Waals surface area contributed by atoms with Gasteiger partial charge in [-0.15, -0.1) is 0 Å². The van der Waals surface area contributed by atoms with Gasteiger partial charge in [0, 0.05) is 5.69 Å². The summed E-state index contributed by atoms with van der Waals surface area (Å²) in [7, 11) is 0. The number of nitrogens with two attached hydrogens (primary N) is 1. The molecular weight excluding hydrogens is 284 g/mol. The van der Waals surface area contributed by atoms with Crippen molar-refractivity contribution in [3.8, 4) is 5.69 Å². The number of aromatic nitrogens is 1. The van der Waals surface area contributed by atoms with Crippen LogP contribution in [0.3, 0.4) is 0 Å². The molecule has 1 heterocycles. The molecule has 6 nitrogen and oxygen atoms in total. The van der Waals surface area contributed by atoms with Crippen LogP contribution in [0.2, 0.25) is 0 Å². The molecule has 0 radical (unpaired) electrons. The Hall–Kier alpha value is -3.15. The lowest BCUT2D eigenvalue weighted by Gasteiger charge is -2.04. The normalized spacial score (nSPS) is 10.8. The Bertz CT molecular complexity index is 1060. The van der Waals surface area contributed by atoms with Gasteiger partial charge in [0.2, 0.25) is 0 Å². The third kappa shape index (κ3) is 2.10. The zero-order chi connectivity index (χ0) is 15.9. The summed E-state index contributed by atoms with van der Waals surface area (Å²) >= 11 is 0. The quantitative estimate of drug-likeness (QED) is 0.681. The number of hydrogen-bond acceptors (Lipinski definition) is 5. The third-order valence-electron chi connectivity index (χ3n) is 3.46. The summed E-state index contributed by atoms with van der Waals surface area (Å²) in [5.74, 6) is -1.05. The maximum Gasteiger partial charge on any atom is 0.429 e. The van der Waals surface area contributed by atoms with Gasteiger partial charge in [-0.3, -0.25) is 4.79 Å². The van der Waals surface area contributed by atoms with Gasteiger partial charge in [-0.25, -0.2) is 14.2 Å². The average molecular weight is 296 g/mol. The molecule has 0 fully saturated rings. The van der Waals surface area contributed by atoms with Crippen molar-refractivity contribution in [2.75, 3.05) is 5.73 Å². The molecule has 0 saturated heterocycles. The lowest BCUT2D eigenvalue weighted by Crippen LogP contribution is -2.28. The van der Waals surface area contributed by atoms with Gasteiger partial charge in [0.05, 0.1) is 16.5 Å². The Balaban J connectivity index is 2.53. The Morgan fingerprint density at radius 3 is 2.36 bits per heavy atom. The third-order valence-corrected chi connectivity index (χ3v) is 3.46. The summed E-state index contributed by atoms with van der Waals surface area (Å²) in [6, 6.07) is 10.9. The molecule has 0 aliphatic carbocycles. The van der Waals surface area contributed by atoms with Crippen LogP contribution >= 0.6 is 0 Å². The fourth-order valence-corrected chi connectivity index (χ4v) is 2.22. The van der Waals surface area contributed by atoms with Crippen molar-refractivity contribution in [3.63, 3.8) is 0 Å². The van der Waals surface area contributed by atoms with E-state index in [2.05, 4.69) is 0 Å². The standard InChI is InChI=1S/C16H12N2O4/c1-9-6-7-10(8-13(9)17)18-14(19)11-4-2-3-5-12(11)15(20)22-16(18)21/h2-8H,17H2,1H3. The average Bonchev–Trinajstić information content (AvgIpc) is 2.59. The number of aryl methyl sites for hydroxylation is 1. The maximum absolute atomic E-state index is 12.6. The molecule has 110 valence electrons. The van der Waals surface area contributed by atoms with E-state index in [4.69, 9.17) is 10.2 Å². The molecule has 0 spiro atoms. The van der Waals surface area contributed by atoms with Crippen molar-refractivity contribution in [1.82, 2.24) is 4.57 Å². The summed E-state index contributed by atoms with van der Waals surface area (Å²) in [6.45, 7) is 1.81. The smallest absolute Gasteiger partial charge is 0.398 e. The Morgan fingerprint density at radius 1 is 1.00 bits per heavy atom. The number of fused-ring (bicyclic) bond motifs is 1. The highest BCUT2D eigenvalue weighted by atomic mass is 16.4. The van der Waals surface area contributed by atoms with Crippen LogP contribution in [-0.4, -0.2) is 4.57 Å². The zero-order valence-electron chi connectivity index (χ0n) is 11.7. The molecule has 0 amide bonds. The zero-order valence-corrected chi connectivity index (χ0v) is 11.7. The van der Waals surface area contributed by atoms with Gasteiger partial charge in [-0.2, -0.15) is 0 Å². The minimum Gasteiger partial charge on any atom is -0.398 e. The number of anilines is 1. The van der Waals surface area contributed by atoms with E-state index in [9.17, 15) is 14.4 Å². The number of nitrogen functional groups attached to an aromatic ring is 1. The molecule has 22 heavy (non-hydrogen) atoms. The van der Waals surface area contributed by atoms with Crippen molar-refractivity contribution in [3.05, 3.63) is 79.4 Å². The van der Waals surface area contributed by atoms with E-state index in [-0.39, 0.29) is 16.5 Å². The Morgan fingerprint density at radius 2 is 1.68 bits per heavy atom. The summed E-state index contributed by atoms with van der Waals surface area (Å²) in [4.78, 5) is 36.7. The topological polar surface area (TPSA) is 95.3 Å². The molecule has 0 aliphatic rings. The van der Waals surface area contributed by atoms with Gasteiger partial charge in [0.25, 0.3) is 5.56 Å². The van der Waals surface area contributed by atoms with Gasteiger partial charge in [0.15, 0.2) is 0 Å². The SMILES string of the molecule is Cc1ccc(-n2c(=O)oc(=O)c3ccccc3c2=O)cc1N. The second kappa shape index (κ2) is 5.00. The van der Waals surface area contributed by atoms with E-state index >= 15 is 0 Å². The van der Waals surface area contributed by atoms with Crippen LogP contribution in [0, 0.1) is 6.92 Å². The molecule has 0 unspecified atom stereocenters. The maximum atomic E-state index is 12.6. The Kier molecular flexibility index (Phi) is 3.14. The fourth-order valence-electron chi connectivity index (χ4n) is 2.22. The highest BCUT2D eigenvalue weighted by Gasteiger charge is 2.11. The Labute approximate surface area is 124 Å². The molecular formula is C16H12N2O4. The first-order chi connectivity index (χ1) is 10.5. The van der Waals surface area contributed by atoms with E-state index < -0.39 is 16.9 Å². The lowest BCUT2D eigenvalue weighted by molar-refractivity contribution is 0.447. The predicted molar refractivity (Wildman–Crippen MR) is 83.5 cm³/mol. The second-order valence-electron chi connectivity index (χ2n) is 4.88. The molecule has 1 aromatic heterocycles. The number of nitrogens with zero attached hydrogens (tertiary/aromatic N) is 1. The number of hydrogen-bond donors (Lipinski definition) is 1. The van der Waals surface area contributed by atoms with Crippen molar-refractivity contribution in [2.45, 2.75) is 6.92 Å². The summed E-state index contributed by atoms with van der Waals surface area (Å²) < 4.78 is 5.54. The molecule has 2 aromatic carbocycles. The van der Waals surface area contributed by atoms with E-state index in [0.29, 0.717) is 5.69 Å². The van der Waals surface area contributed by atoms with E-state index in [1.165, 1.54) is 18.2 Å². The summed E-state index contributed by atoms with van der Waals surface area (Å²) in [5, 5.41) is 0.168. The van der Waals surface area contributed by atoms with Crippen LogP contribution in [-0.2, 0) is 0 Å². The molecule has 0 bridgehead atoms. The fraction of sp³-hybridized carbons (Fsp3) is 0.0625. The van der Waals surface area contributed by atoms with Crippen molar-refractivity contribution in [1.29, 1.82) is 0 Å². The highest BCUT2D eigenvalue weighted by molar-refractivity contribution is 5.79. The first kappa shape index (κ1) is 13.8. The molecule has 0 atom stereocenters. The van der Waals surface area contributed by atoms with Crippen molar-refractivity contribution < 1.29 is 4.42 Å². The number of benzene rings is 2. The monoisotopic (exact) mass is 296 g/mol. The van der Waals surface area contributed by atoms with Crippen LogP contribution in [0.5, 0.6) is 0 Å². The highest BCUT2D eigenvalue weighted by Crippen LogP contribution is 2.14. The number of rotatable bonds is 1. The van der Waals surface area contributed by atoms with E-state index in [1.54, 1.807) is 31.2 Å². The van der Waals surface area contributed by atoms with Gasteiger partial charge in [0.1, 0.15) is 0 Å². The van der Waals surface area contributed by atoms with Crippen molar-refractivity contribution >= 4 is 16.5 Å².